The van der Waals surface area contributed by atoms with Crippen molar-refractivity contribution in [2.45, 2.75) is 19.4 Å². The SMILES string of the molecule is COc1cc(Br)c(C(=O)C(C)(C)N2CCOCC2)cc1OC. The molecule has 1 aromatic rings. The Balaban J connectivity index is 2.35. The fourth-order valence-electron chi connectivity index (χ4n) is 2.62. The first-order chi connectivity index (χ1) is 10.4. The Kier molecular flexibility index (Phi) is 5.47. The molecule has 0 aromatic heterocycles. The van der Waals surface area contributed by atoms with E-state index >= 15 is 0 Å². The van der Waals surface area contributed by atoms with E-state index in [0.717, 1.165) is 13.1 Å². The van der Waals surface area contributed by atoms with Gasteiger partial charge in [0.25, 0.3) is 0 Å². The van der Waals surface area contributed by atoms with Crippen molar-refractivity contribution < 1.29 is 19.0 Å². The summed E-state index contributed by atoms with van der Waals surface area (Å²) in [4.78, 5) is 15.2. The van der Waals surface area contributed by atoms with E-state index in [1.165, 1.54) is 0 Å². The smallest absolute Gasteiger partial charge is 0.183 e. The Morgan fingerprint density at radius 3 is 2.27 bits per heavy atom. The average Bonchev–Trinajstić information content (AvgIpc) is 2.54. The molecule has 0 spiro atoms. The summed E-state index contributed by atoms with van der Waals surface area (Å²) in [6.45, 7) is 6.72. The molecule has 6 heteroatoms. The van der Waals surface area contributed by atoms with Crippen LogP contribution in [0.25, 0.3) is 0 Å². The summed E-state index contributed by atoms with van der Waals surface area (Å²) < 4.78 is 16.6. The van der Waals surface area contributed by atoms with Gasteiger partial charge < -0.3 is 14.2 Å². The molecule has 1 heterocycles. The van der Waals surface area contributed by atoms with E-state index in [9.17, 15) is 4.79 Å². The van der Waals surface area contributed by atoms with Crippen LogP contribution >= 0.6 is 15.9 Å². The van der Waals surface area contributed by atoms with Crippen molar-refractivity contribution >= 4 is 21.7 Å². The Bertz CT molecular complexity index is 553. The third-order valence-electron chi connectivity index (χ3n) is 4.08. The third-order valence-corrected chi connectivity index (χ3v) is 4.73. The summed E-state index contributed by atoms with van der Waals surface area (Å²) >= 11 is 3.47. The maximum Gasteiger partial charge on any atom is 0.183 e. The molecule has 1 aromatic carbocycles. The van der Waals surface area contributed by atoms with Gasteiger partial charge >= 0.3 is 0 Å². The molecule has 1 fully saturated rings. The van der Waals surface area contributed by atoms with Crippen LogP contribution in [0.4, 0.5) is 0 Å². The van der Waals surface area contributed by atoms with Gasteiger partial charge in [0.1, 0.15) is 0 Å². The number of rotatable bonds is 5. The van der Waals surface area contributed by atoms with Crippen molar-refractivity contribution in [3.63, 3.8) is 0 Å². The summed E-state index contributed by atoms with van der Waals surface area (Å²) in [6.07, 6.45) is 0. The second kappa shape index (κ2) is 6.98. The molecular formula is C16H22BrNO4. The van der Waals surface area contributed by atoms with E-state index in [0.29, 0.717) is 34.7 Å². The van der Waals surface area contributed by atoms with E-state index in [-0.39, 0.29) is 5.78 Å². The van der Waals surface area contributed by atoms with Crippen LogP contribution in [0.15, 0.2) is 16.6 Å². The van der Waals surface area contributed by atoms with Crippen molar-refractivity contribution in [1.29, 1.82) is 0 Å². The van der Waals surface area contributed by atoms with Gasteiger partial charge in [-0.2, -0.15) is 0 Å². The quantitative estimate of drug-likeness (QED) is 0.744. The predicted octanol–water partition coefficient (Wildman–Crippen LogP) is 2.76. The Hall–Kier alpha value is -1.11. The predicted molar refractivity (Wildman–Crippen MR) is 88.0 cm³/mol. The number of ether oxygens (including phenoxy) is 3. The van der Waals surface area contributed by atoms with Crippen LogP contribution in [-0.2, 0) is 4.74 Å². The van der Waals surface area contributed by atoms with Crippen LogP contribution in [0.5, 0.6) is 11.5 Å². The van der Waals surface area contributed by atoms with Gasteiger partial charge in [0.15, 0.2) is 17.3 Å². The Morgan fingerprint density at radius 1 is 1.18 bits per heavy atom. The Morgan fingerprint density at radius 2 is 1.73 bits per heavy atom. The molecule has 1 aliphatic heterocycles. The molecule has 122 valence electrons. The number of carbonyl (C=O) groups is 1. The molecule has 0 N–H and O–H groups in total. The number of halogens is 1. The van der Waals surface area contributed by atoms with Crippen LogP contribution in [0.2, 0.25) is 0 Å². The van der Waals surface area contributed by atoms with Gasteiger partial charge in [-0.15, -0.1) is 0 Å². The first-order valence-electron chi connectivity index (χ1n) is 7.21. The van der Waals surface area contributed by atoms with Crippen molar-refractivity contribution in [3.05, 3.63) is 22.2 Å². The lowest BCUT2D eigenvalue weighted by Crippen LogP contribution is -2.54. The van der Waals surface area contributed by atoms with Gasteiger partial charge in [0, 0.05) is 23.1 Å². The topological polar surface area (TPSA) is 48.0 Å². The molecule has 2 rings (SSSR count). The number of benzene rings is 1. The average molecular weight is 372 g/mol. The van der Waals surface area contributed by atoms with Crippen LogP contribution < -0.4 is 9.47 Å². The largest absolute Gasteiger partial charge is 0.493 e. The summed E-state index contributed by atoms with van der Waals surface area (Å²) in [5.41, 5.74) is -0.0135. The highest BCUT2D eigenvalue weighted by Crippen LogP contribution is 2.35. The minimum absolute atomic E-state index is 0.0437. The molecule has 1 saturated heterocycles. The van der Waals surface area contributed by atoms with Gasteiger partial charge in [0.05, 0.1) is 33.0 Å². The van der Waals surface area contributed by atoms with Gasteiger partial charge in [-0.3, -0.25) is 9.69 Å². The maximum absolute atomic E-state index is 13.0. The molecule has 0 radical (unpaired) electrons. The number of methoxy groups -OCH3 is 2. The van der Waals surface area contributed by atoms with Gasteiger partial charge in [-0.05, 0) is 41.9 Å². The maximum atomic E-state index is 13.0. The highest BCUT2D eigenvalue weighted by atomic mass is 79.9. The molecule has 22 heavy (non-hydrogen) atoms. The zero-order valence-electron chi connectivity index (χ0n) is 13.4. The van der Waals surface area contributed by atoms with Crippen LogP contribution in [-0.4, -0.2) is 56.7 Å². The van der Waals surface area contributed by atoms with E-state index in [2.05, 4.69) is 20.8 Å². The van der Waals surface area contributed by atoms with Gasteiger partial charge in [0.2, 0.25) is 0 Å². The van der Waals surface area contributed by atoms with E-state index < -0.39 is 5.54 Å². The number of Topliss-reactive ketones (excluding diaryl/α,β-unsaturated/α-hetero) is 1. The van der Waals surface area contributed by atoms with Gasteiger partial charge in [-0.1, -0.05) is 0 Å². The third kappa shape index (κ3) is 3.29. The molecule has 5 nitrogen and oxygen atoms in total. The minimum Gasteiger partial charge on any atom is -0.493 e. The van der Waals surface area contributed by atoms with E-state index in [1.54, 1.807) is 26.4 Å². The number of nitrogens with zero attached hydrogens (tertiary/aromatic N) is 1. The number of ketones is 1. The lowest BCUT2D eigenvalue weighted by molar-refractivity contribution is -0.00433. The van der Waals surface area contributed by atoms with Crippen LogP contribution in [0.3, 0.4) is 0 Å². The summed E-state index contributed by atoms with van der Waals surface area (Å²) in [7, 11) is 3.14. The first kappa shape index (κ1) is 17.2. The minimum atomic E-state index is -0.605. The first-order valence-corrected chi connectivity index (χ1v) is 8.00. The zero-order chi connectivity index (χ0) is 16.3. The lowest BCUT2D eigenvalue weighted by atomic mass is 9.90. The lowest BCUT2D eigenvalue weighted by Gasteiger charge is -2.39. The van der Waals surface area contributed by atoms with Crippen LogP contribution in [0, 0.1) is 0 Å². The number of hydrogen-bond donors (Lipinski definition) is 0. The van der Waals surface area contributed by atoms with E-state index in [1.807, 2.05) is 13.8 Å². The number of carbonyl (C=O) groups excluding carboxylic acids is 1. The summed E-state index contributed by atoms with van der Waals surface area (Å²) in [6, 6.07) is 3.49. The second-order valence-electron chi connectivity index (χ2n) is 5.67. The summed E-state index contributed by atoms with van der Waals surface area (Å²) in [5.74, 6) is 1.18. The van der Waals surface area contributed by atoms with Gasteiger partial charge in [-0.25, -0.2) is 0 Å². The summed E-state index contributed by atoms with van der Waals surface area (Å²) in [5, 5.41) is 0. The normalized spacial score (nSPS) is 16.4. The highest BCUT2D eigenvalue weighted by molar-refractivity contribution is 9.10. The highest BCUT2D eigenvalue weighted by Gasteiger charge is 2.37. The number of hydrogen-bond acceptors (Lipinski definition) is 5. The van der Waals surface area contributed by atoms with Crippen molar-refractivity contribution in [2.75, 3.05) is 40.5 Å². The van der Waals surface area contributed by atoms with Crippen LogP contribution in [0.1, 0.15) is 24.2 Å². The molecule has 0 aliphatic carbocycles. The van der Waals surface area contributed by atoms with Crippen molar-refractivity contribution in [1.82, 2.24) is 4.90 Å². The molecule has 0 bridgehead atoms. The van der Waals surface area contributed by atoms with Crippen molar-refractivity contribution in [3.8, 4) is 11.5 Å². The molecule has 1 aliphatic rings. The molecule has 0 unspecified atom stereocenters. The standard InChI is InChI=1S/C16H22BrNO4/c1-16(2,18-5-7-22-8-6-18)15(19)11-9-13(20-3)14(21-4)10-12(11)17/h9-10H,5-8H2,1-4H3. The fraction of sp³-hybridized carbons (Fsp3) is 0.562. The molecular weight excluding hydrogens is 350 g/mol. The monoisotopic (exact) mass is 371 g/mol. The van der Waals surface area contributed by atoms with E-state index in [4.69, 9.17) is 14.2 Å². The second-order valence-corrected chi connectivity index (χ2v) is 6.53. The Labute approximate surface area is 139 Å². The number of morpholine rings is 1. The fourth-order valence-corrected chi connectivity index (χ4v) is 3.13. The molecule has 0 amide bonds. The molecule has 0 atom stereocenters. The molecule has 0 saturated carbocycles. The van der Waals surface area contributed by atoms with Crippen molar-refractivity contribution in [2.24, 2.45) is 0 Å². The zero-order valence-corrected chi connectivity index (χ0v) is 15.0.